The minimum Gasteiger partial charge on any atom is -0.452 e. The highest BCUT2D eigenvalue weighted by Crippen LogP contribution is 2.22. The third-order valence-corrected chi connectivity index (χ3v) is 5.35. The molecule has 1 aliphatic carbocycles. The maximum atomic E-state index is 12.2. The average Bonchev–Trinajstić information content (AvgIpc) is 3.45. The second-order valence-electron chi connectivity index (χ2n) is 5.91. The summed E-state index contributed by atoms with van der Waals surface area (Å²) in [6, 6.07) is 8.47. The third kappa shape index (κ3) is 5.49. The van der Waals surface area contributed by atoms with Gasteiger partial charge in [0.25, 0.3) is 5.91 Å². The first-order valence-electron chi connectivity index (χ1n) is 8.04. The summed E-state index contributed by atoms with van der Waals surface area (Å²) >= 11 is 5.70. The Kier molecular flexibility index (Phi) is 5.73. The summed E-state index contributed by atoms with van der Waals surface area (Å²) in [6.45, 7) is -0.541. The van der Waals surface area contributed by atoms with Crippen LogP contribution < -0.4 is 10.0 Å². The van der Waals surface area contributed by atoms with Crippen molar-refractivity contribution in [3.8, 4) is 0 Å². The number of aromatic nitrogens is 1. The van der Waals surface area contributed by atoms with Crippen molar-refractivity contribution in [2.24, 2.45) is 0 Å². The molecule has 2 aromatic rings. The van der Waals surface area contributed by atoms with Crippen molar-refractivity contribution in [1.82, 2.24) is 9.71 Å². The van der Waals surface area contributed by atoms with Gasteiger partial charge < -0.3 is 10.1 Å². The van der Waals surface area contributed by atoms with Crippen LogP contribution in [-0.2, 0) is 19.6 Å². The van der Waals surface area contributed by atoms with Gasteiger partial charge in [0, 0.05) is 12.2 Å². The van der Waals surface area contributed by atoms with Crippen molar-refractivity contribution < 1.29 is 22.7 Å². The molecule has 1 aromatic carbocycles. The van der Waals surface area contributed by atoms with Crippen molar-refractivity contribution in [2.45, 2.75) is 23.8 Å². The molecule has 1 saturated carbocycles. The van der Waals surface area contributed by atoms with E-state index in [1.165, 1.54) is 36.5 Å². The standard InChI is InChI=1S/C17H16ClN3O5S/c18-12-4-7-15(19-9-12)20-16(22)10-26-17(23)11-2-1-3-14(8-11)27(24,25)21-13-5-6-13/h1-4,7-9,13,21H,5-6,10H2,(H,19,20,22). The smallest absolute Gasteiger partial charge is 0.338 e. The first-order valence-corrected chi connectivity index (χ1v) is 9.90. The second kappa shape index (κ2) is 8.03. The topological polar surface area (TPSA) is 114 Å². The van der Waals surface area contributed by atoms with Crippen LogP contribution in [0.2, 0.25) is 5.02 Å². The van der Waals surface area contributed by atoms with Crippen LogP contribution in [0.4, 0.5) is 5.82 Å². The fourth-order valence-corrected chi connectivity index (χ4v) is 3.58. The molecule has 142 valence electrons. The molecule has 2 N–H and O–H groups in total. The van der Waals surface area contributed by atoms with Crippen molar-refractivity contribution >= 4 is 39.3 Å². The SMILES string of the molecule is O=C(COC(=O)c1cccc(S(=O)(=O)NC2CC2)c1)Nc1ccc(Cl)cn1. The lowest BCUT2D eigenvalue weighted by atomic mass is 10.2. The molecular weight excluding hydrogens is 394 g/mol. The van der Waals surface area contributed by atoms with E-state index in [1.807, 2.05) is 0 Å². The Morgan fingerprint density at radius 1 is 1.22 bits per heavy atom. The highest BCUT2D eigenvalue weighted by Gasteiger charge is 2.28. The number of nitrogens with zero attached hydrogens (tertiary/aromatic N) is 1. The number of anilines is 1. The number of sulfonamides is 1. The van der Waals surface area contributed by atoms with Crippen LogP contribution in [0.5, 0.6) is 0 Å². The van der Waals surface area contributed by atoms with E-state index >= 15 is 0 Å². The number of ether oxygens (including phenoxy) is 1. The largest absolute Gasteiger partial charge is 0.452 e. The van der Waals surface area contributed by atoms with Gasteiger partial charge in [0.2, 0.25) is 10.0 Å². The molecule has 0 aliphatic heterocycles. The molecule has 27 heavy (non-hydrogen) atoms. The van der Waals surface area contributed by atoms with Gasteiger partial charge in [-0.15, -0.1) is 0 Å². The van der Waals surface area contributed by atoms with Crippen LogP contribution >= 0.6 is 11.6 Å². The molecule has 0 spiro atoms. The summed E-state index contributed by atoms with van der Waals surface area (Å²) in [5.41, 5.74) is 0.0334. The number of hydrogen-bond donors (Lipinski definition) is 2. The number of carbonyl (C=O) groups is 2. The Bertz CT molecular complexity index is 959. The summed E-state index contributed by atoms with van der Waals surface area (Å²) in [6.07, 6.45) is 2.97. The summed E-state index contributed by atoms with van der Waals surface area (Å²) in [4.78, 5) is 27.8. The molecule has 0 atom stereocenters. The van der Waals surface area contributed by atoms with Gasteiger partial charge in [0.1, 0.15) is 5.82 Å². The maximum absolute atomic E-state index is 12.2. The van der Waals surface area contributed by atoms with Gasteiger partial charge in [-0.2, -0.15) is 0 Å². The molecule has 1 fully saturated rings. The Morgan fingerprint density at radius 2 is 2.00 bits per heavy atom. The molecule has 3 rings (SSSR count). The molecule has 0 radical (unpaired) electrons. The van der Waals surface area contributed by atoms with E-state index < -0.39 is 28.5 Å². The number of benzene rings is 1. The number of esters is 1. The molecule has 8 nitrogen and oxygen atoms in total. The molecular formula is C17H16ClN3O5S. The predicted octanol–water partition coefficient (Wildman–Crippen LogP) is 1.97. The lowest BCUT2D eigenvalue weighted by molar-refractivity contribution is -0.119. The van der Waals surface area contributed by atoms with Crippen molar-refractivity contribution in [3.63, 3.8) is 0 Å². The van der Waals surface area contributed by atoms with Crippen LogP contribution in [0, 0.1) is 0 Å². The number of carbonyl (C=O) groups excluding carboxylic acids is 2. The summed E-state index contributed by atoms with van der Waals surface area (Å²) in [5.74, 6) is -1.13. The number of halogens is 1. The number of pyridine rings is 1. The highest BCUT2D eigenvalue weighted by atomic mass is 35.5. The van der Waals surface area contributed by atoms with Crippen molar-refractivity contribution in [3.05, 3.63) is 53.2 Å². The maximum Gasteiger partial charge on any atom is 0.338 e. The van der Waals surface area contributed by atoms with Gasteiger partial charge in [-0.3, -0.25) is 4.79 Å². The van der Waals surface area contributed by atoms with Crippen LogP contribution in [0.15, 0.2) is 47.5 Å². The summed E-state index contributed by atoms with van der Waals surface area (Å²) in [7, 11) is -3.68. The first kappa shape index (κ1) is 19.3. The molecule has 0 bridgehead atoms. The van der Waals surface area contributed by atoms with E-state index in [0.717, 1.165) is 12.8 Å². The van der Waals surface area contributed by atoms with Gasteiger partial charge in [0.05, 0.1) is 15.5 Å². The minimum atomic E-state index is -3.68. The van der Waals surface area contributed by atoms with Crippen LogP contribution in [0.1, 0.15) is 23.2 Å². The Hall–Kier alpha value is -2.49. The fraction of sp³-hybridized carbons (Fsp3) is 0.235. The van der Waals surface area contributed by atoms with Gasteiger partial charge in [-0.05, 0) is 43.2 Å². The Morgan fingerprint density at radius 3 is 2.67 bits per heavy atom. The van der Waals surface area contributed by atoms with Crippen molar-refractivity contribution in [2.75, 3.05) is 11.9 Å². The van der Waals surface area contributed by atoms with Gasteiger partial charge in [-0.25, -0.2) is 22.9 Å². The van der Waals surface area contributed by atoms with E-state index in [1.54, 1.807) is 6.07 Å². The minimum absolute atomic E-state index is 0.0290. The van der Waals surface area contributed by atoms with E-state index in [9.17, 15) is 18.0 Å². The molecule has 0 saturated heterocycles. The van der Waals surface area contributed by atoms with Crippen molar-refractivity contribution in [1.29, 1.82) is 0 Å². The number of rotatable bonds is 7. The molecule has 1 heterocycles. The van der Waals surface area contributed by atoms with E-state index in [4.69, 9.17) is 16.3 Å². The molecule has 1 amide bonds. The monoisotopic (exact) mass is 409 g/mol. The van der Waals surface area contributed by atoms with Gasteiger partial charge in [-0.1, -0.05) is 17.7 Å². The molecule has 1 aliphatic rings. The lowest BCUT2D eigenvalue weighted by Gasteiger charge is -2.08. The first-order chi connectivity index (χ1) is 12.8. The summed E-state index contributed by atoms with van der Waals surface area (Å²) < 4.78 is 31.9. The van der Waals surface area contributed by atoms with Crippen LogP contribution in [-0.4, -0.2) is 37.9 Å². The Balaban J connectivity index is 1.58. The lowest BCUT2D eigenvalue weighted by Crippen LogP contribution is -2.26. The normalized spacial score (nSPS) is 13.8. The predicted molar refractivity (Wildman–Crippen MR) is 97.9 cm³/mol. The van der Waals surface area contributed by atoms with Crippen LogP contribution in [0.3, 0.4) is 0 Å². The quantitative estimate of drug-likeness (QED) is 0.675. The van der Waals surface area contributed by atoms with E-state index in [2.05, 4.69) is 15.0 Å². The molecule has 0 unspecified atom stereocenters. The van der Waals surface area contributed by atoms with Crippen LogP contribution in [0.25, 0.3) is 0 Å². The zero-order chi connectivity index (χ0) is 19.4. The molecule has 1 aromatic heterocycles. The highest BCUT2D eigenvalue weighted by molar-refractivity contribution is 7.89. The Labute approximate surface area is 160 Å². The zero-order valence-corrected chi connectivity index (χ0v) is 15.6. The molecule has 10 heteroatoms. The fourth-order valence-electron chi connectivity index (χ4n) is 2.12. The van der Waals surface area contributed by atoms with Gasteiger partial charge in [0.15, 0.2) is 6.61 Å². The number of hydrogen-bond acceptors (Lipinski definition) is 6. The number of nitrogens with one attached hydrogen (secondary N) is 2. The van der Waals surface area contributed by atoms with E-state index in [0.29, 0.717) is 5.02 Å². The van der Waals surface area contributed by atoms with Gasteiger partial charge >= 0.3 is 5.97 Å². The summed E-state index contributed by atoms with van der Waals surface area (Å²) in [5, 5.41) is 2.87. The number of amides is 1. The third-order valence-electron chi connectivity index (χ3n) is 3.61. The average molecular weight is 410 g/mol. The zero-order valence-electron chi connectivity index (χ0n) is 14.0. The second-order valence-corrected chi connectivity index (χ2v) is 8.06. The van der Waals surface area contributed by atoms with E-state index in [-0.39, 0.29) is 22.3 Å².